The molecule has 0 aliphatic heterocycles. The average molecular weight is 291 g/mol. The molecule has 0 saturated carbocycles. The molecule has 0 aromatic carbocycles. The van der Waals surface area contributed by atoms with Crippen molar-refractivity contribution in [2.75, 3.05) is 53.6 Å². The molecule has 116 valence electrons. The number of urea groups is 1. The van der Waals surface area contributed by atoms with Crippen LogP contribution in [-0.2, 0) is 19.1 Å². The molecule has 0 aromatic rings. The van der Waals surface area contributed by atoms with Gasteiger partial charge in [0.15, 0.2) is 0 Å². The van der Waals surface area contributed by atoms with E-state index in [1.807, 2.05) is 0 Å². The summed E-state index contributed by atoms with van der Waals surface area (Å²) < 4.78 is 9.77. The van der Waals surface area contributed by atoms with Crippen LogP contribution >= 0.6 is 0 Å². The van der Waals surface area contributed by atoms with Crippen molar-refractivity contribution < 1.29 is 29.0 Å². The predicted molar refractivity (Wildman–Crippen MR) is 69.1 cm³/mol. The van der Waals surface area contributed by atoms with Gasteiger partial charge in [0.2, 0.25) is 5.91 Å². The minimum atomic E-state index is -1.22. The van der Waals surface area contributed by atoms with Gasteiger partial charge in [-0.3, -0.25) is 9.59 Å². The molecule has 0 spiro atoms. The van der Waals surface area contributed by atoms with Gasteiger partial charge in [0.1, 0.15) is 13.1 Å². The number of methoxy groups -OCH3 is 2. The molecule has 20 heavy (non-hydrogen) atoms. The third-order valence-electron chi connectivity index (χ3n) is 2.34. The summed E-state index contributed by atoms with van der Waals surface area (Å²) >= 11 is 0. The number of amides is 3. The molecule has 0 unspecified atom stereocenters. The van der Waals surface area contributed by atoms with Crippen LogP contribution in [0.3, 0.4) is 0 Å². The number of hydrogen-bond acceptors (Lipinski definition) is 5. The molecule has 0 atom stereocenters. The van der Waals surface area contributed by atoms with Crippen molar-refractivity contribution in [3.05, 3.63) is 0 Å². The number of hydrogen-bond donors (Lipinski definition) is 2. The number of primary amides is 1. The van der Waals surface area contributed by atoms with E-state index in [-0.39, 0.29) is 26.3 Å². The van der Waals surface area contributed by atoms with Gasteiger partial charge in [-0.15, -0.1) is 0 Å². The highest BCUT2D eigenvalue weighted by Crippen LogP contribution is 2.00. The number of aliphatic carboxylic acids is 1. The quantitative estimate of drug-likeness (QED) is 0.509. The average Bonchev–Trinajstić information content (AvgIpc) is 2.36. The minimum absolute atomic E-state index is 0.258. The Kier molecular flexibility index (Phi) is 9.05. The van der Waals surface area contributed by atoms with Crippen LogP contribution < -0.4 is 5.73 Å². The third-order valence-corrected chi connectivity index (χ3v) is 2.34. The summed E-state index contributed by atoms with van der Waals surface area (Å²) in [7, 11) is 2.97. The van der Waals surface area contributed by atoms with Crippen LogP contribution in [0.2, 0.25) is 0 Å². The van der Waals surface area contributed by atoms with E-state index in [2.05, 4.69) is 0 Å². The van der Waals surface area contributed by atoms with Gasteiger partial charge in [0.05, 0.1) is 13.2 Å². The Morgan fingerprint density at radius 3 is 1.85 bits per heavy atom. The molecule has 0 aliphatic carbocycles. The topological polar surface area (TPSA) is 122 Å². The Bertz CT molecular complexity index is 312. The third kappa shape index (κ3) is 7.54. The monoisotopic (exact) mass is 291 g/mol. The highest BCUT2D eigenvalue weighted by molar-refractivity contribution is 5.86. The van der Waals surface area contributed by atoms with Gasteiger partial charge in [-0.2, -0.15) is 0 Å². The summed E-state index contributed by atoms with van der Waals surface area (Å²) in [6, 6.07) is -0.597. The first-order valence-electron chi connectivity index (χ1n) is 5.94. The second-order valence-corrected chi connectivity index (χ2v) is 3.97. The molecule has 9 nitrogen and oxygen atoms in total. The van der Waals surface area contributed by atoms with Gasteiger partial charge in [0, 0.05) is 27.3 Å². The summed E-state index contributed by atoms with van der Waals surface area (Å²) in [5, 5.41) is 8.77. The summed E-state index contributed by atoms with van der Waals surface area (Å²) in [4.78, 5) is 36.1. The molecule has 9 heteroatoms. The molecule has 0 heterocycles. The van der Waals surface area contributed by atoms with Crippen LogP contribution in [0.5, 0.6) is 0 Å². The van der Waals surface area contributed by atoms with Crippen LogP contribution in [0.1, 0.15) is 0 Å². The lowest BCUT2D eigenvalue weighted by molar-refractivity contribution is -0.138. The lowest BCUT2D eigenvalue weighted by atomic mass is 10.4. The number of nitrogens with two attached hydrogens (primary N) is 1. The Morgan fingerprint density at radius 1 is 1.00 bits per heavy atom. The molecule has 3 amide bonds. The SMILES string of the molecule is COCCN(CCOC)C(=O)N(CC(N)=O)CC(=O)O. The van der Waals surface area contributed by atoms with Crippen LogP contribution in [0.15, 0.2) is 0 Å². The first-order valence-corrected chi connectivity index (χ1v) is 5.94. The molecule has 0 aliphatic rings. The number of ether oxygens (including phenoxy) is 2. The molecule has 0 bridgehead atoms. The number of nitrogens with zero attached hydrogens (tertiary/aromatic N) is 2. The van der Waals surface area contributed by atoms with Crippen molar-refractivity contribution in [3.63, 3.8) is 0 Å². The van der Waals surface area contributed by atoms with E-state index in [1.54, 1.807) is 0 Å². The van der Waals surface area contributed by atoms with Crippen LogP contribution in [0.25, 0.3) is 0 Å². The number of carbonyl (C=O) groups is 3. The lowest BCUT2D eigenvalue weighted by Gasteiger charge is -2.28. The van der Waals surface area contributed by atoms with Crippen molar-refractivity contribution in [2.45, 2.75) is 0 Å². The number of carboxylic acid groups (broad SMARTS) is 1. The van der Waals surface area contributed by atoms with E-state index in [0.717, 1.165) is 4.90 Å². The zero-order valence-corrected chi connectivity index (χ0v) is 11.7. The summed E-state index contributed by atoms with van der Waals surface area (Å²) in [6.45, 7) is 0.0286. The number of rotatable bonds is 10. The first kappa shape index (κ1) is 18.1. The summed E-state index contributed by atoms with van der Waals surface area (Å²) in [5.74, 6) is -2.00. The van der Waals surface area contributed by atoms with Crippen molar-refractivity contribution in [2.24, 2.45) is 5.73 Å². The van der Waals surface area contributed by atoms with E-state index >= 15 is 0 Å². The van der Waals surface area contributed by atoms with Crippen molar-refractivity contribution in [1.82, 2.24) is 9.80 Å². The molecule has 0 aromatic heterocycles. The minimum Gasteiger partial charge on any atom is -0.480 e. The van der Waals surface area contributed by atoms with Gasteiger partial charge in [-0.25, -0.2) is 4.79 Å². The molecule has 0 rings (SSSR count). The standard InChI is InChI=1S/C11H21N3O6/c1-19-5-3-13(4-6-20-2)11(18)14(7-9(12)15)8-10(16)17/h3-8H2,1-2H3,(H2,12,15)(H,16,17). The van der Waals surface area contributed by atoms with E-state index < -0.39 is 31.0 Å². The predicted octanol–water partition coefficient (Wildman–Crippen LogP) is -1.43. The smallest absolute Gasteiger partial charge is 0.323 e. The molecule has 0 radical (unpaired) electrons. The number of carboxylic acids is 1. The second kappa shape index (κ2) is 9.98. The molecular weight excluding hydrogens is 270 g/mol. The Morgan fingerprint density at radius 2 is 1.50 bits per heavy atom. The fourth-order valence-corrected chi connectivity index (χ4v) is 1.45. The summed E-state index contributed by atoms with van der Waals surface area (Å²) in [6.07, 6.45) is 0. The fraction of sp³-hybridized carbons (Fsp3) is 0.727. The number of carbonyl (C=O) groups excluding carboxylic acids is 2. The Hall–Kier alpha value is -1.87. The molecule has 0 saturated heterocycles. The highest BCUT2D eigenvalue weighted by atomic mass is 16.5. The maximum absolute atomic E-state index is 12.2. The van der Waals surface area contributed by atoms with Crippen molar-refractivity contribution >= 4 is 17.9 Å². The van der Waals surface area contributed by atoms with Crippen LogP contribution in [0.4, 0.5) is 4.79 Å². The largest absolute Gasteiger partial charge is 0.480 e. The normalized spacial score (nSPS) is 10.1. The maximum atomic E-state index is 12.2. The van der Waals surface area contributed by atoms with Crippen LogP contribution in [-0.4, -0.2) is 86.4 Å². The maximum Gasteiger partial charge on any atom is 0.323 e. The zero-order valence-electron chi connectivity index (χ0n) is 11.7. The van der Waals surface area contributed by atoms with Gasteiger partial charge in [-0.1, -0.05) is 0 Å². The molecule has 0 fully saturated rings. The lowest BCUT2D eigenvalue weighted by Crippen LogP contribution is -2.50. The van der Waals surface area contributed by atoms with E-state index in [1.165, 1.54) is 19.1 Å². The van der Waals surface area contributed by atoms with Gasteiger partial charge in [0.25, 0.3) is 0 Å². The highest BCUT2D eigenvalue weighted by Gasteiger charge is 2.24. The molecular formula is C11H21N3O6. The second-order valence-electron chi connectivity index (χ2n) is 3.97. The van der Waals surface area contributed by atoms with Gasteiger partial charge >= 0.3 is 12.0 Å². The summed E-state index contributed by atoms with van der Waals surface area (Å²) in [5.41, 5.74) is 5.01. The van der Waals surface area contributed by atoms with Gasteiger partial charge < -0.3 is 30.1 Å². The first-order chi connectivity index (χ1) is 9.42. The Labute approximate surface area is 117 Å². The van der Waals surface area contributed by atoms with E-state index in [0.29, 0.717) is 0 Å². The van der Waals surface area contributed by atoms with Crippen molar-refractivity contribution in [3.8, 4) is 0 Å². The molecule has 3 N–H and O–H groups in total. The Balaban J connectivity index is 4.80. The van der Waals surface area contributed by atoms with Crippen molar-refractivity contribution in [1.29, 1.82) is 0 Å². The zero-order chi connectivity index (χ0) is 15.5. The van der Waals surface area contributed by atoms with Crippen LogP contribution in [0, 0.1) is 0 Å². The van der Waals surface area contributed by atoms with E-state index in [9.17, 15) is 14.4 Å². The van der Waals surface area contributed by atoms with E-state index in [4.69, 9.17) is 20.3 Å². The fourth-order valence-electron chi connectivity index (χ4n) is 1.45. The van der Waals surface area contributed by atoms with Gasteiger partial charge in [-0.05, 0) is 0 Å².